The number of para-hydroxylation sites is 1. The molecule has 24 heavy (non-hydrogen) atoms. The first-order chi connectivity index (χ1) is 11.5. The van der Waals surface area contributed by atoms with Crippen molar-refractivity contribution in [3.05, 3.63) is 45.1 Å². The van der Waals surface area contributed by atoms with Crippen LogP contribution in [0.1, 0.15) is 0 Å². The number of benzene rings is 1. The van der Waals surface area contributed by atoms with Crippen molar-refractivity contribution in [2.24, 2.45) is 14.1 Å². The lowest BCUT2D eigenvalue weighted by molar-refractivity contribution is 0.416. The molecule has 7 nitrogen and oxygen atoms in total. The van der Waals surface area contributed by atoms with Crippen LogP contribution in [-0.2, 0) is 14.1 Å². The molecule has 0 aliphatic carbocycles. The molecule has 3 aromatic rings. The highest BCUT2D eigenvalue weighted by atomic mass is 32.2. The molecule has 0 fully saturated rings. The summed E-state index contributed by atoms with van der Waals surface area (Å²) in [7, 11) is 4.61. The normalized spacial score (nSPS) is 11.0. The van der Waals surface area contributed by atoms with Gasteiger partial charge >= 0.3 is 5.69 Å². The third-order valence-electron chi connectivity index (χ3n) is 3.81. The van der Waals surface area contributed by atoms with E-state index in [1.54, 1.807) is 14.2 Å². The Morgan fingerprint density at radius 2 is 1.79 bits per heavy atom. The minimum atomic E-state index is -0.427. The number of methoxy groups -OCH3 is 1. The summed E-state index contributed by atoms with van der Waals surface area (Å²) in [6, 6.07) is 7.35. The second kappa shape index (κ2) is 6.12. The Labute approximate surface area is 141 Å². The third-order valence-corrected chi connectivity index (χ3v) is 4.49. The van der Waals surface area contributed by atoms with Crippen molar-refractivity contribution in [2.75, 3.05) is 13.4 Å². The monoisotopic (exact) mass is 344 g/mol. The summed E-state index contributed by atoms with van der Waals surface area (Å²) in [5.74, 6) is 1.03. The van der Waals surface area contributed by atoms with Crippen LogP contribution in [0.15, 0.2) is 38.9 Å². The van der Waals surface area contributed by atoms with Crippen LogP contribution >= 0.6 is 11.8 Å². The Morgan fingerprint density at radius 1 is 1.08 bits per heavy atom. The van der Waals surface area contributed by atoms with Gasteiger partial charge in [0.15, 0.2) is 11.5 Å². The van der Waals surface area contributed by atoms with Gasteiger partial charge in [-0.2, -0.15) is 0 Å². The molecule has 0 saturated carbocycles. The van der Waals surface area contributed by atoms with Gasteiger partial charge in [0.25, 0.3) is 5.56 Å². The highest BCUT2D eigenvalue weighted by Crippen LogP contribution is 2.30. The number of aromatic nitrogens is 4. The molecule has 0 N–H and O–H groups in total. The molecule has 1 aromatic carbocycles. The Balaban J connectivity index is 2.46. The molecule has 2 aromatic heterocycles. The topological polar surface area (TPSA) is 79.0 Å². The van der Waals surface area contributed by atoms with Gasteiger partial charge in [-0.25, -0.2) is 14.8 Å². The summed E-state index contributed by atoms with van der Waals surface area (Å²) in [6.07, 6.45) is 1.83. The minimum Gasteiger partial charge on any atom is -0.496 e. The van der Waals surface area contributed by atoms with Crippen molar-refractivity contribution in [1.82, 2.24) is 19.1 Å². The molecule has 3 rings (SSSR count). The smallest absolute Gasteiger partial charge is 0.332 e. The van der Waals surface area contributed by atoms with E-state index in [-0.39, 0.29) is 0 Å². The van der Waals surface area contributed by atoms with Gasteiger partial charge in [0, 0.05) is 14.1 Å². The van der Waals surface area contributed by atoms with E-state index in [2.05, 4.69) is 9.97 Å². The maximum absolute atomic E-state index is 12.5. The molecule has 2 heterocycles. The van der Waals surface area contributed by atoms with Crippen molar-refractivity contribution in [1.29, 1.82) is 0 Å². The van der Waals surface area contributed by atoms with Gasteiger partial charge in [0.2, 0.25) is 0 Å². The van der Waals surface area contributed by atoms with Crippen LogP contribution in [0.25, 0.3) is 22.4 Å². The van der Waals surface area contributed by atoms with Gasteiger partial charge in [-0.1, -0.05) is 12.1 Å². The Hall–Kier alpha value is -2.61. The molecule has 0 spiro atoms. The molecule has 0 bridgehead atoms. The van der Waals surface area contributed by atoms with Crippen LogP contribution in [0, 0.1) is 0 Å². The van der Waals surface area contributed by atoms with Crippen molar-refractivity contribution >= 4 is 22.8 Å². The van der Waals surface area contributed by atoms with Crippen LogP contribution in [0.5, 0.6) is 5.75 Å². The summed E-state index contributed by atoms with van der Waals surface area (Å²) < 4.78 is 7.78. The van der Waals surface area contributed by atoms with Crippen molar-refractivity contribution in [3.63, 3.8) is 0 Å². The predicted molar refractivity (Wildman–Crippen MR) is 93.8 cm³/mol. The first-order valence-corrected chi connectivity index (χ1v) is 8.37. The summed E-state index contributed by atoms with van der Waals surface area (Å²) in [5, 5.41) is 0.864. The van der Waals surface area contributed by atoms with Crippen molar-refractivity contribution in [2.45, 2.75) is 5.03 Å². The quantitative estimate of drug-likeness (QED) is 0.528. The fraction of sp³-hybridized carbons (Fsp3) is 0.250. The van der Waals surface area contributed by atoms with Gasteiger partial charge in [0.05, 0.1) is 12.7 Å². The molecule has 0 aliphatic rings. The Bertz CT molecular complexity index is 1060. The zero-order valence-electron chi connectivity index (χ0n) is 13.7. The standard InChI is InChI=1S/C16H16N4O3S/c1-19-13-11(15(21)20(2)16(19)22)14(24-4)18-12(17-13)9-7-5-6-8-10(9)23-3/h5-8H,1-4H3. The van der Waals surface area contributed by atoms with Gasteiger partial charge in [-0.15, -0.1) is 11.8 Å². The number of rotatable bonds is 3. The number of hydrogen-bond acceptors (Lipinski definition) is 6. The molecule has 0 radical (unpaired) electrons. The molecule has 0 saturated heterocycles. The highest BCUT2D eigenvalue weighted by molar-refractivity contribution is 7.98. The molecule has 0 aliphatic heterocycles. The highest BCUT2D eigenvalue weighted by Gasteiger charge is 2.18. The summed E-state index contributed by atoms with van der Waals surface area (Å²) in [6.45, 7) is 0. The number of nitrogens with zero attached hydrogens (tertiary/aromatic N) is 4. The Kier molecular flexibility index (Phi) is 4.15. The van der Waals surface area contributed by atoms with E-state index in [0.29, 0.717) is 33.2 Å². The molecule has 0 unspecified atom stereocenters. The van der Waals surface area contributed by atoms with Gasteiger partial charge in [-0.3, -0.25) is 13.9 Å². The van der Waals surface area contributed by atoms with Crippen LogP contribution in [0.2, 0.25) is 0 Å². The zero-order chi connectivity index (χ0) is 17.4. The molecule has 124 valence electrons. The Morgan fingerprint density at radius 3 is 2.46 bits per heavy atom. The maximum atomic E-state index is 12.5. The second-order valence-electron chi connectivity index (χ2n) is 5.16. The predicted octanol–water partition coefficient (Wildman–Crippen LogP) is 1.42. The van der Waals surface area contributed by atoms with Crippen LogP contribution < -0.4 is 16.0 Å². The average Bonchev–Trinajstić information content (AvgIpc) is 2.63. The van der Waals surface area contributed by atoms with Gasteiger partial charge in [0.1, 0.15) is 16.2 Å². The SMILES string of the molecule is COc1ccccc1-c1nc(SC)c2c(=O)n(C)c(=O)n(C)c2n1. The molecule has 0 amide bonds. The fourth-order valence-corrected chi connectivity index (χ4v) is 3.09. The van der Waals surface area contributed by atoms with E-state index in [1.807, 2.05) is 30.5 Å². The summed E-state index contributed by atoms with van der Waals surface area (Å²) >= 11 is 1.34. The van der Waals surface area contributed by atoms with Crippen LogP contribution in [0.3, 0.4) is 0 Å². The number of aryl methyl sites for hydroxylation is 1. The largest absolute Gasteiger partial charge is 0.496 e. The van der Waals surface area contributed by atoms with E-state index in [1.165, 1.54) is 23.4 Å². The number of fused-ring (bicyclic) bond motifs is 1. The molecule has 0 atom stereocenters. The van der Waals surface area contributed by atoms with Crippen molar-refractivity contribution < 1.29 is 4.74 Å². The number of hydrogen-bond donors (Lipinski definition) is 0. The first kappa shape index (κ1) is 16.3. The minimum absolute atomic E-state index is 0.309. The molecular formula is C16H16N4O3S. The first-order valence-electron chi connectivity index (χ1n) is 7.14. The van der Waals surface area contributed by atoms with E-state index in [0.717, 1.165) is 4.57 Å². The van der Waals surface area contributed by atoms with E-state index < -0.39 is 11.2 Å². The third kappa shape index (κ3) is 2.39. The molecule has 8 heteroatoms. The van der Waals surface area contributed by atoms with E-state index >= 15 is 0 Å². The number of thioether (sulfide) groups is 1. The van der Waals surface area contributed by atoms with Crippen LogP contribution in [0.4, 0.5) is 0 Å². The number of ether oxygens (including phenoxy) is 1. The van der Waals surface area contributed by atoms with E-state index in [4.69, 9.17) is 4.74 Å². The lowest BCUT2D eigenvalue weighted by Crippen LogP contribution is -2.37. The van der Waals surface area contributed by atoms with E-state index in [9.17, 15) is 9.59 Å². The van der Waals surface area contributed by atoms with Crippen molar-refractivity contribution in [3.8, 4) is 17.1 Å². The molecular weight excluding hydrogens is 328 g/mol. The van der Waals surface area contributed by atoms with Gasteiger partial charge < -0.3 is 4.74 Å². The lowest BCUT2D eigenvalue weighted by Gasteiger charge is -2.12. The second-order valence-corrected chi connectivity index (χ2v) is 5.96. The van der Waals surface area contributed by atoms with Gasteiger partial charge in [-0.05, 0) is 18.4 Å². The maximum Gasteiger partial charge on any atom is 0.332 e. The summed E-state index contributed by atoms with van der Waals surface area (Å²) in [5.41, 5.74) is 0.182. The average molecular weight is 344 g/mol. The lowest BCUT2D eigenvalue weighted by atomic mass is 10.2. The zero-order valence-corrected chi connectivity index (χ0v) is 14.5. The van der Waals surface area contributed by atoms with Crippen LogP contribution in [-0.4, -0.2) is 32.5 Å². The summed E-state index contributed by atoms with van der Waals surface area (Å²) in [4.78, 5) is 33.7. The fourth-order valence-electron chi connectivity index (χ4n) is 2.53.